The Labute approximate surface area is 206 Å². The van der Waals surface area contributed by atoms with Gasteiger partial charge in [0.1, 0.15) is 11.5 Å². The van der Waals surface area contributed by atoms with E-state index in [9.17, 15) is 4.79 Å². The van der Waals surface area contributed by atoms with E-state index in [0.29, 0.717) is 12.5 Å². The number of benzene rings is 3. The minimum atomic E-state index is -0.0482. The molecule has 4 aromatic rings. The predicted molar refractivity (Wildman–Crippen MR) is 140 cm³/mol. The molecule has 0 unspecified atom stereocenters. The number of nitrogens with zero attached hydrogens (tertiary/aromatic N) is 2. The van der Waals surface area contributed by atoms with Gasteiger partial charge in [0.15, 0.2) is 0 Å². The smallest absolute Gasteiger partial charge is 0.228 e. The Morgan fingerprint density at radius 2 is 1.74 bits per heavy atom. The van der Waals surface area contributed by atoms with Crippen molar-refractivity contribution in [1.82, 2.24) is 15.1 Å². The molecule has 6 heteroatoms. The van der Waals surface area contributed by atoms with Gasteiger partial charge in [-0.3, -0.25) is 9.48 Å². The van der Waals surface area contributed by atoms with Crippen LogP contribution in [0.15, 0.2) is 79.0 Å². The molecule has 2 N–H and O–H groups in total. The molecule has 1 aromatic heterocycles. The van der Waals surface area contributed by atoms with E-state index in [-0.39, 0.29) is 5.91 Å². The highest BCUT2D eigenvalue weighted by Crippen LogP contribution is 2.23. The van der Waals surface area contributed by atoms with Gasteiger partial charge in [-0.25, -0.2) is 0 Å². The van der Waals surface area contributed by atoms with Crippen molar-refractivity contribution in [1.29, 1.82) is 0 Å². The zero-order chi connectivity index (χ0) is 23.9. The number of carbonyl (C=O) groups excluding carboxylic acids is 1. The van der Waals surface area contributed by atoms with E-state index in [0.717, 1.165) is 53.2 Å². The summed E-state index contributed by atoms with van der Waals surface area (Å²) in [6.07, 6.45) is 8.54. The van der Waals surface area contributed by atoms with E-state index in [1.807, 2.05) is 83.7 Å². The second kappa shape index (κ2) is 11.2. The summed E-state index contributed by atoms with van der Waals surface area (Å²) in [4.78, 5) is 12.7. The Morgan fingerprint density at radius 1 is 0.971 bits per heavy atom. The molecule has 5 rings (SSSR count). The first kappa shape index (κ1) is 23.1. The zero-order valence-corrected chi connectivity index (χ0v) is 20.0. The third-order valence-electron chi connectivity index (χ3n) is 6.53. The SMILES string of the molecule is O=C(Cc1ccc(Oc2ccccc2)cc1)Nc1ccc2cnn(CCCNC3CCCC3)c2c1. The molecule has 0 radical (unpaired) electrons. The number of rotatable bonds is 10. The number of aromatic nitrogens is 2. The number of hydrogen-bond acceptors (Lipinski definition) is 4. The van der Waals surface area contributed by atoms with Gasteiger partial charge in [0, 0.05) is 23.7 Å². The minimum Gasteiger partial charge on any atom is -0.457 e. The van der Waals surface area contributed by atoms with Crippen molar-refractivity contribution in [3.05, 3.63) is 84.6 Å². The predicted octanol–water partition coefficient (Wildman–Crippen LogP) is 5.93. The molecule has 180 valence electrons. The largest absolute Gasteiger partial charge is 0.457 e. The van der Waals surface area contributed by atoms with Gasteiger partial charge in [0.25, 0.3) is 0 Å². The van der Waals surface area contributed by atoms with Crippen LogP contribution in [0.3, 0.4) is 0 Å². The summed E-state index contributed by atoms with van der Waals surface area (Å²) < 4.78 is 7.86. The maximum Gasteiger partial charge on any atom is 0.228 e. The van der Waals surface area contributed by atoms with Crippen LogP contribution in [-0.4, -0.2) is 28.3 Å². The summed E-state index contributed by atoms with van der Waals surface area (Å²) in [7, 11) is 0. The second-order valence-electron chi connectivity index (χ2n) is 9.21. The lowest BCUT2D eigenvalue weighted by Gasteiger charge is -2.12. The molecule has 1 amide bonds. The highest BCUT2D eigenvalue weighted by molar-refractivity contribution is 5.94. The van der Waals surface area contributed by atoms with Gasteiger partial charge in [-0.1, -0.05) is 43.2 Å². The third kappa shape index (κ3) is 6.28. The monoisotopic (exact) mass is 468 g/mol. The Morgan fingerprint density at radius 3 is 2.54 bits per heavy atom. The Hall–Kier alpha value is -3.64. The molecular weight excluding hydrogens is 436 g/mol. The van der Waals surface area contributed by atoms with Crippen molar-refractivity contribution in [3.8, 4) is 11.5 Å². The van der Waals surface area contributed by atoms with Crippen molar-refractivity contribution in [2.24, 2.45) is 0 Å². The van der Waals surface area contributed by atoms with Gasteiger partial charge in [0.05, 0.1) is 18.1 Å². The standard InChI is InChI=1S/C29H32N4O2/c34-29(19-22-11-15-27(16-12-22)35-26-9-2-1-3-10-26)32-25-14-13-23-21-31-33(28(23)20-25)18-6-17-30-24-7-4-5-8-24/h1-3,9-16,20-21,24,30H,4-8,17-19H2,(H,32,34). The zero-order valence-electron chi connectivity index (χ0n) is 20.0. The lowest BCUT2D eigenvalue weighted by atomic mass is 10.1. The highest BCUT2D eigenvalue weighted by Gasteiger charge is 2.13. The Bertz CT molecular complexity index is 1240. The lowest BCUT2D eigenvalue weighted by Crippen LogP contribution is -2.27. The van der Waals surface area contributed by atoms with Gasteiger partial charge < -0.3 is 15.4 Å². The fourth-order valence-electron chi connectivity index (χ4n) is 4.68. The molecule has 0 bridgehead atoms. The number of fused-ring (bicyclic) bond motifs is 1. The number of para-hydroxylation sites is 1. The Balaban J connectivity index is 1.14. The quantitative estimate of drug-likeness (QED) is 0.283. The topological polar surface area (TPSA) is 68.2 Å². The van der Waals surface area contributed by atoms with Gasteiger partial charge >= 0.3 is 0 Å². The summed E-state index contributed by atoms with van der Waals surface area (Å²) in [5, 5.41) is 12.3. The van der Waals surface area contributed by atoms with Crippen molar-refractivity contribution < 1.29 is 9.53 Å². The van der Waals surface area contributed by atoms with Crippen molar-refractivity contribution in [2.75, 3.05) is 11.9 Å². The first-order valence-electron chi connectivity index (χ1n) is 12.5. The number of ether oxygens (including phenoxy) is 1. The Kier molecular flexibility index (Phi) is 7.39. The molecule has 1 saturated carbocycles. The second-order valence-corrected chi connectivity index (χ2v) is 9.21. The summed E-state index contributed by atoms with van der Waals surface area (Å²) >= 11 is 0. The first-order valence-corrected chi connectivity index (χ1v) is 12.5. The number of anilines is 1. The average Bonchev–Trinajstić information content (AvgIpc) is 3.54. The van der Waals surface area contributed by atoms with Gasteiger partial charge in [-0.05, 0) is 73.8 Å². The molecule has 0 spiro atoms. The molecule has 0 aliphatic heterocycles. The van der Waals surface area contributed by atoms with Gasteiger partial charge in [-0.15, -0.1) is 0 Å². The van der Waals surface area contributed by atoms with Crippen LogP contribution >= 0.6 is 0 Å². The van der Waals surface area contributed by atoms with E-state index in [1.165, 1.54) is 25.7 Å². The molecule has 0 atom stereocenters. The average molecular weight is 469 g/mol. The molecule has 1 aliphatic rings. The highest BCUT2D eigenvalue weighted by atomic mass is 16.5. The molecule has 1 aliphatic carbocycles. The van der Waals surface area contributed by atoms with Crippen molar-refractivity contribution in [3.63, 3.8) is 0 Å². The fourth-order valence-corrected chi connectivity index (χ4v) is 4.68. The molecular formula is C29H32N4O2. The number of amides is 1. The molecule has 35 heavy (non-hydrogen) atoms. The third-order valence-corrected chi connectivity index (χ3v) is 6.53. The van der Waals surface area contributed by atoms with Crippen LogP contribution in [0, 0.1) is 0 Å². The number of carbonyl (C=O) groups is 1. The normalized spacial score (nSPS) is 13.8. The first-order chi connectivity index (χ1) is 17.2. The molecule has 6 nitrogen and oxygen atoms in total. The van der Waals surface area contributed by atoms with Crippen LogP contribution < -0.4 is 15.4 Å². The van der Waals surface area contributed by atoms with Crippen LogP contribution in [0.5, 0.6) is 11.5 Å². The fraction of sp³-hybridized carbons (Fsp3) is 0.310. The summed E-state index contributed by atoms with van der Waals surface area (Å²) in [6.45, 7) is 1.87. The lowest BCUT2D eigenvalue weighted by molar-refractivity contribution is -0.115. The van der Waals surface area contributed by atoms with Gasteiger partial charge in [-0.2, -0.15) is 5.10 Å². The molecule has 1 fully saturated rings. The van der Waals surface area contributed by atoms with Crippen molar-refractivity contribution >= 4 is 22.5 Å². The van der Waals surface area contributed by atoms with Crippen molar-refractivity contribution in [2.45, 2.75) is 51.1 Å². The summed E-state index contributed by atoms with van der Waals surface area (Å²) in [6, 6.07) is 23.9. The summed E-state index contributed by atoms with van der Waals surface area (Å²) in [5.74, 6) is 1.49. The van der Waals surface area contributed by atoms with E-state index in [1.54, 1.807) is 0 Å². The number of hydrogen-bond donors (Lipinski definition) is 2. The minimum absolute atomic E-state index is 0.0482. The van der Waals surface area contributed by atoms with E-state index in [4.69, 9.17) is 4.74 Å². The molecule has 3 aromatic carbocycles. The van der Waals surface area contributed by atoms with E-state index < -0.39 is 0 Å². The maximum absolute atomic E-state index is 12.7. The number of aryl methyl sites for hydroxylation is 1. The van der Waals surface area contributed by atoms with Gasteiger partial charge in [0.2, 0.25) is 5.91 Å². The van der Waals surface area contributed by atoms with Crippen LogP contribution in [0.25, 0.3) is 10.9 Å². The molecule has 0 saturated heterocycles. The van der Waals surface area contributed by atoms with E-state index >= 15 is 0 Å². The number of nitrogens with one attached hydrogen (secondary N) is 2. The summed E-state index contributed by atoms with van der Waals surface area (Å²) in [5.41, 5.74) is 2.77. The van der Waals surface area contributed by atoms with Crippen LogP contribution in [-0.2, 0) is 17.8 Å². The maximum atomic E-state index is 12.7. The van der Waals surface area contributed by atoms with E-state index in [2.05, 4.69) is 15.7 Å². The molecule has 1 heterocycles. The van der Waals surface area contributed by atoms with Crippen LogP contribution in [0.4, 0.5) is 5.69 Å². The van der Waals surface area contributed by atoms with Crippen LogP contribution in [0.2, 0.25) is 0 Å². The van der Waals surface area contributed by atoms with Crippen LogP contribution in [0.1, 0.15) is 37.7 Å².